The normalized spacial score (nSPS) is 9.64. The van der Waals surface area contributed by atoms with Crippen LogP contribution in [0.5, 0.6) is 0 Å². The van der Waals surface area contributed by atoms with E-state index in [1.54, 1.807) is 0 Å². The van der Waals surface area contributed by atoms with Crippen LogP contribution in [0, 0.1) is 0 Å². The summed E-state index contributed by atoms with van der Waals surface area (Å²) in [6, 6.07) is 0. The van der Waals surface area contributed by atoms with Crippen LogP contribution in [0.3, 0.4) is 0 Å². The molecule has 16 heteroatoms. The third-order valence-electron chi connectivity index (χ3n) is 1.22. The van der Waals surface area contributed by atoms with Gasteiger partial charge in [-0.3, -0.25) is 0 Å². The molecule has 22 heavy (non-hydrogen) atoms. The molecule has 2 atom stereocenters. The van der Waals surface area contributed by atoms with Crippen LogP contribution in [0.1, 0.15) is 0 Å². The minimum absolute atomic E-state index is 0. The Kier molecular flexibility index (Phi) is 42.8. The van der Waals surface area contributed by atoms with Crippen molar-refractivity contribution in [3.8, 4) is 0 Å². The number of rotatable bonds is 5. The summed E-state index contributed by atoms with van der Waals surface area (Å²) >= 11 is 0. The van der Waals surface area contributed by atoms with Gasteiger partial charge in [0.1, 0.15) is 0 Å². The zero-order valence-corrected chi connectivity index (χ0v) is 13.1. The number of carbonyl (C=O) groups is 4. The van der Waals surface area contributed by atoms with Crippen molar-refractivity contribution in [3.63, 3.8) is 0 Å². The Hall–Kier alpha value is 0.701. The van der Waals surface area contributed by atoms with Crippen molar-refractivity contribution in [1.82, 2.24) is 0 Å². The van der Waals surface area contributed by atoms with Gasteiger partial charge in [0.2, 0.25) is 12.2 Å². The quantitative estimate of drug-likeness (QED) is 0.254. The molecule has 0 heterocycles. The van der Waals surface area contributed by atoms with Crippen LogP contribution >= 0.6 is 0 Å². The van der Waals surface area contributed by atoms with Crippen molar-refractivity contribution in [3.05, 3.63) is 0 Å². The molecular weight excluding hydrogens is 473 g/mol. The molecule has 128 valence electrons. The number of hydrogen-bond acceptors (Lipinski definition) is 6. The molecule has 10 nitrogen and oxygen atoms in total. The van der Waals surface area contributed by atoms with E-state index in [9.17, 15) is 19.2 Å². The van der Waals surface area contributed by atoms with E-state index in [1.165, 1.54) is 0 Å². The number of carboxylic acid groups (broad SMARTS) is 4. The maximum atomic E-state index is 10.4. The van der Waals surface area contributed by atoms with Gasteiger partial charge in [0.15, 0.2) is 0 Å². The van der Waals surface area contributed by atoms with Crippen molar-refractivity contribution >= 4 is 62.0 Å². The molecule has 0 amide bonds. The van der Waals surface area contributed by atoms with Crippen LogP contribution in [0.4, 0.5) is 9.59 Å². The maximum absolute atomic E-state index is 10.4. The number of ether oxygens (including phenoxy) is 2. The summed E-state index contributed by atoms with van der Waals surface area (Å²) in [7, 11) is 0. The minimum Gasteiger partial charge on any atom is 0 e. The molecule has 0 spiro atoms. The van der Waals surface area contributed by atoms with Crippen LogP contribution in [0.25, 0.3) is 0 Å². The summed E-state index contributed by atoms with van der Waals surface area (Å²) in [5, 5.41) is 33.1. The maximum Gasteiger partial charge on any atom is 0 e. The minimum atomic E-state index is -2.48. The van der Waals surface area contributed by atoms with E-state index in [0.717, 1.165) is 0 Å². The van der Waals surface area contributed by atoms with Crippen molar-refractivity contribution in [2.24, 2.45) is 0 Å². The van der Waals surface area contributed by atoms with Gasteiger partial charge in [-0.25, -0.2) is 19.2 Å². The summed E-state index contributed by atoms with van der Waals surface area (Å²) in [5.74, 6) is -3.98. The molecule has 4 N–H and O–H groups in total. The Bertz CT molecular complexity index is 315. The molecule has 2 unspecified atom stereocenters. The molecule has 0 bridgehead atoms. The van der Waals surface area contributed by atoms with Crippen LogP contribution in [0.2, 0.25) is 0 Å². The molecule has 0 saturated carbocycles. The van der Waals surface area contributed by atoms with Gasteiger partial charge in [0.25, 0.3) is 0 Å². The summed E-state index contributed by atoms with van der Waals surface area (Å²) in [4.78, 5) is 41.0. The predicted octanol–water partition coefficient (Wildman–Crippen LogP) is -2.02. The Morgan fingerprint density at radius 3 is 0.909 bits per heavy atom. The molecule has 2 radical (unpaired) electrons. The largest absolute Gasteiger partial charge is 0 e. The average molecular weight is 481 g/mol. The van der Waals surface area contributed by atoms with Gasteiger partial charge in [0, 0.05) is 67.1 Å². The van der Waals surface area contributed by atoms with Gasteiger partial charge in [-0.05, 0) is 0 Å². The topological polar surface area (TPSA) is 168 Å². The fraction of sp³-hybridized carbons (Fsp3) is 0.333. The molecule has 0 aliphatic heterocycles. The van der Waals surface area contributed by atoms with Crippen LogP contribution in [-0.4, -0.2) is 94.6 Å². The van der Waals surface area contributed by atoms with Crippen molar-refractivity contribution in [2.45, 2.75) is 12.2 Å². The first-order valence-electron chi connectivity index (χ1n) is 3.50. The molecule has 0 saturated heterocycles. The van der Waals surface area contributed by atoms with Crippen molar-refractivity contribution < 1.29 is 116 Å². The fourth-order valence-electron chi connectivity index (χ4n) is 0.701. The number of aliphatic carboxylic acids is 2. The first-order valence-corrected chi connectivity index (χ1v) is 3.50. The second-order valence-corrected chi connectivity index (χ2v) is 2.29. The van der Waals surface area contributed by atoms with Gasteiger partial charge >= 0.3 is 62.0 Å². The summed E-state index contributed by atoms with van der Waals surface area (Å²) in [6.45, 7) is 0. The van der Waals surface area contributed by atoms with Gasteiger partial charge in [-0.15, -0.1) is 0 Å². The molecule has 0 aromatic heterocycles. The van der Waals surface area contributed by atoms with E-state index in [1.807, 2.05) is 0 Å². The van der Waals surface area contributed by atoms with Crippen LogP contribution in [0.15, 0.2) is 0 Å². The third kappa shape index (κ3) is 18.7. The standard InChI is InChI=1S/C6H6O10.2Li.2Mn.2Ni.2H/c7-3(8)1(15-5(11)12)2(4(9)10)16-6(13)14;;;;;;;;/h1-2H,(H,7,8)(H,9,10)(H,11,12)(H,13,14);;;;;;;;. The van der Waals surface area contributed by atoms with Gasteiger partial charge < -0.3 is 29.9 Å². The molecule has 0 rings (SSSR count). The van der Waals surface area contributed by atoms with E-state index in [0.29, 0.717) is 0 Å². The van der Waals surface area contributed by atoms with Crippen LogP contribution in [-0.2, 0) is 86.2 Å². The van der Waals surface area contributed by atoms with Gasteiger partial charge in [-0.1, -0.05) is 0 Å². The Balaban J connectivity index is -0.0000000750. The predicted molar refractivity (Wildman–Crippen MR) is 55.4 cm³/mol. The van der Waals surface area contributed by atoms with Gasteiger partial charge in [-0.2, -0.15) is 0 Å². The second-order valence-electron chi connectivity index (χ2n) is 2.29. The summed E-state index contributed by atoms with van der Waals surface area (Å²) in [5.41, 5.74) is 0. The van der Waals surface area contributed by atoms with E-state index in [-0.39, 0.29) is 105 Å². The Morgan fingerprint density at radius 2 is 0.818 bits per heavy atom. The van der Waals surface area contributed by atoms with Crippen molar-refractivity contribution in [1.29, 1.82) is 0 Å². The number of hydrogen-bond donors (Lipinski definition) is 4. The zero-order chi connectivity index (χ0) is 12.9. The van der Waals surface area contributed by atoms with E-state index < -0.39 is 36.5 Å². The molecule has 0 aromatic rings. The summed E-state index contributed by atoms with van der Waals surface area (Å²) in [6.07, 6.45) is -9.11. The average Bonchev–Trinajstić information content (AvgIpc) is 2.09. The fourth-order valence-corrected chi connectivity index (χ4v) is 0.701. The Labute approximate surface area is 188 Å². The Morgan fingerprint density at radius 1 is 0.636 bits per heavy atom. The first kappa shape index (κ1) is 43.4. The monoisotopic (exact) mass is 480 g/mol. The van der Waals surface area contributed by atoms with Crippen molar-refractivity contribution in [2.75, 3.05) is 0 Å². The zero-order valence-electron chi connectivity index (χ0n) is 8.78. The molecular formula is C6H8Li2Mn2Ni2O10. The molecule has 0 fully saturated rings. The van der Waals surface area contributed by atoms with E-state index in [2.05, 4.69) is 9.47 Å². The third-order valence-corrected chi connectivity index (χ3v) is 1.22. The smallest absolute Gasteiger partial charge is 0 e. The van der Waals surface area contributed by atoms with Crippen LogP contribution < -0.4 is 0 Å². The summed E-state index contributed by atoms with van der Waals surface area (Å²) < 4.78 is 7.37. The number of carboxylic acids is 2. The SMILES string of the molecule is O=C(O)OC(C(=O)O)C(OC(=O)O)C(=O)O.[LiH].[LiH].[Mn].[Mn].[Ni].[Ni]. The van der Waals surface area contributed by atoms with E-state index >= 15 is 0 Å². The first-order chi connectivity index (χ1) is 7.25. The molecule has 0 aliphatic rings. The second kappa shape index (κ2) is 21.7. The molecule has 0 aromatic carbocycles. The molecule has 0 aliphatic carbocycles. The van der Waals surface area contributed by atoms with E-state index in [4.69, 9.17) is 20.4 Å². The van der Waals surface area contributed by atoms with Gasteiger partial charge in [0.05, 0.1) is 0 Å².